The van der Waals surface area contributed by atoms with E-state index in [1.54, 1.807) is 0 Å². The fraction of sp³-hybridized carbons (Fsp3) is 0.316. The molecule has 0 unspecified atom stereocenters. The van der Waals surface area contributed by atoms with Crippen molar-refractivity contribution in [3.63, 3.8) is 0 Å². The number of halogens is 1. The minimum Gasteiger partial charge on any atom is -0.419 e. The van der Waals surface area contributed by atoms with Crippen LogP contribution in [0, 0.1) is 6.92 Å². The Morgan fingerprint density at radius 2 is 2.19 bits per heavy atom. The molecule has 0 atom stereocenters. The smallest absolute Gasteiger partial charge is 0.264 e. The number of amides is 1. The molecule has 2 aromatic heterocycles. The summed E-state index contributed by atoms with van der Waals surface area (Å²) < 4.78 is 8.66. The van der Waals surface area contributed by atoms with Gasteiger partial charge in [0, 0.05) is 22.3 Å². The maximum atomic E-state index is 12.4. The molecule has 0 aliphatic heterocycles. The Morgan fingerprint density at radius 1 is 1.35 bits per heavy atom. The van der Waals surface area contributed by atoms with Crippen molar-refractivity contribution in [3.05, 3.63) is 52.5 Å². The van der Waals surface area contributed by atoms with Gasteiger partial charge in [-0.25, -0.2) is 0 Å². The molecule has 7 heteroatoms. The van der Waals surface area contributed by atoms with E-state index in [0.717, 1.165) is 34.3 Å². The zero-order valence-corrected chi connectivity index (χ0v) is 16.0. The zero-order chi connectivity index (χ0) is 18.1. The molecule has 2 heterocycles. The van der Waals surface area contributed by atoms with Crippen LogP contribution in [0.25, 0.3) is 11.6 Å². The van der Waals surface area contributed by atoms with Crippen LogP contribution in [-0.4, -0.2) is 20.7 Å². The standard InChI is InChI=1S/C19H19BrN4O2/c1-12-10-14(7-8-15(12)20)21-17(25)11-24-9-3-6-16(24)19-23-22-18(26-19)13-4-2-5-13/h3,6-10,13H,2,4-5,11H2,1H3,(H,21,25). The van der Waals surface area contributed by atoms with Crippen LogP contribution < -0.4 is 5.32 Å². The Labute approximate surface area is 159 Å². The van der Waals surface area contributed by atoms with Gasteiger partial charge in [-0.1, -0.05) is 22.4 Å². The number of anilines is 1. The molecule has 3 aromatic rings. The van der Waals surface area contributed by atoms with E-state index in [1.807, 2.05) is 48.0 Å². The summed E-state index contributed by atoms with van der Waals surface area (Å²) in [6.45, 7) is 2.16. The van der Waals surface area contributed by atoms with Gasteiger partial charge in [0.05, 0.1) is 0 Å². The second kappa shape index (κ2) is 7.07. The number of carbonyl (C=O) groups is 1. The quantitative estimate of drug-likeness (QED) is 0.665. The Kier molecular flexibility index (Phi) is 4.63. The summed E-state index contributed by atoms with van der Waals surface area (Å²) in [4.78, 5) is 12.4. The molecule has 1 fully saturated rings. The van der Waals surface area contributed by atoms with Crippen LogP contribution in [0.15, 0.2) is 45.4 Å². The summed E-state index contributed by atoms with van der Waals surface area (Å²) in [5.74, 6) is 1.45. The predicted octanol–water partition coefficient (Wildman–Crippen LogP) is 4.52. The number of rotatable bonds is 5. The predicted molar refractivity (Wildman–Crippen MR) is 102 cm³/mol. The number of aromatic nitrogens is 3. The zero-order valence-electron chi connectivity index (χ0n) is 14.4. The Hall–Kier alpha value is -2.41. The van der Waals surface area contributed by atoms with Crippen molar-refractivity contribution in [1.29, 1.82) is 0 Å². The summed E-state index contributed by atoms with van der Waals surface area (Å²) in [5, 5.41) is 11.2. The molecule has 1 amide bonds. The van der Waals surface area contributed by atoms with Crippen molar-refractivity contribution in [2.24, 2.45) is 0 Å². The lowest BCUT2D eigenvalue weighted by Gasteiger charge is -2.20. The van der Waals surface area contributed by atoms with Gasteiger partial charge >= 0.3 is 0 Å². The van der Waals surface area contributed by atoms with Crippen molar-refractivity contribution in [1.82, 2.24) is 14.8 Å². The highest BCUT2D eigenvalue weighted by Crippen LogP contribution is 2.36. The summed E-state index contributed by atoms with van der Waals surface area (Å²) in [5.41, 5.74) is 2.60. The minimum atomic E-state index is -0.108. The number of nitrogens with zero attached hydrogens (tertiary/aromatic N) is 3. The normalized spacial score (nSPS) is 14.2. The first-order valence-electron chi connectivity index (χ1n) is 8.65. The second-order valence-electron chi connectivity index (χ2n) is 6.61. The van der Waals surface area contributed by atoms with Gasteiger partial charge in [0.15, 0.2) is 0 Å². The minimum absolute atomic E-state index is 0.108. The number of hydrogen-bond donors (Lipinski definition) is 1. The summed E-state index contributed by atoms with van der Waals surface area (Å²) in [6, 6.07) is 9.48. The van der Waals surface area contributed by atoms with Gasteiger partial charge in [0.25, 0.3) is 5.89 Å². The van der Waals surface area contributed by atoms with E-state index >= 15 is 0 Å². The third kappa shape index (κ3) is 3.44. The molecule has 1 saturated carbocycles. The Bertz CT molecular complexity index is 943. The molecular formula is C19H19BrN4O2. The molecule has 0 radical (unpaired) electrons. The van der Waals surface area contributed by atoms with Crippen LogP contribution in [0.5, 0.6) is 0 Å². The SMILES string of the molecule is Cc1cc(NC(=O)Cn2cccc2-c2nnc(C3CCC3)o2)ccc1Br. The molecule has 0 saturated heterocycles. The van der Waals surface area contributed by atoms with Crippen LogP contribution in [0.4, 0.5) is 5.69 Å². The molecule has 0 spiro atoms. The molecular weight excluding hydrogens is 396 g/mol. The van der Waals surface area contributed by atoms with Gasteiger partial charge in [0.2, 0.25) is 11.8 Å². The molecule has 6 nitrogen and oxygen atoms in total. The average Bonchev–Trinajstić information content (AvgIpc) is 3.18. The lowest BCUT2D eigenvalue weighted by Crippen LogP contribution is -2.18. The summed E-state index contributed by atoms with van der Waals surface area (Å²) in [6.07, 6.45) is 5.28. The molecule has 4 rings (SSSR count). The Balaban J connectivity index is 1.47. The molecule has 1 N–H and O–H groups in total. The monoisotopic (exact) mass is 414 g/mol. The van der Waals surface area contributed by atoms with Crippen molar-refractivity contribution in [2.45, 2.75) is 38.6 Å². The summed E-state index contributed by atoms with van der Waals surface area (Å²) in [7, 11) is 0. The van der Waals surface area contributed by atoms with E-state index in [-0.39, 0.29) is 12.5 Å². The molecule has 1 aliphatic carbocycles. The van der Waals surface area contributed by atoms with Gasteiger partial charge in [0.1, 0.15) is 12.2 Å². The fourth-order valence-corrected chi connectivity index (χ4v) is 3.23. The second-order valence-corrected chi connectivity index (χ2v) is 7.46. The number of hydrogen-bond acceptors (Lipinski definition) is 4. The Morgan fingerprint density at radius 3 is 2.92 bits per heavy atom. The lowest BCUT2D eigenvalue weighted by atomic mass is 9.85. The van der Waals surface area contributed by atoms with Crippen LogP contribution in [-0.2, 0) is 11.3 Å². The van der Waals surface area contributed by atoms with Crippen molar-refractivity contribution >= 4 is 27.5 Å². The molecule has 134 valence electrons. The molecule has 1 aliphatic rings. The van der Waals surface area contributed by atoms with E-state index in [0.29, 0.717) is 17.7 Å². The third-order valence-corrected chi connectivity index (χ3v) is 5.59. The van der Waals surface area contributed by atoms with Crippen molar-refractivity contribution < 1.29 is 9.21 Å². The topological polar surface area (TPSA) is 73.0 Å². The highest BCUT2D eigenvalue weighted by molar-refractivity contribution is 9.10. The van der Waals surface area contributed by atoms with E-state index in [2.05, 4.69) is 31.4 Å². The van der Waals surface area contributed by atoms with E-state index in [4.69, 9.17) is 4.42 Å². The maximum Gasteiger partial charge on any atom is 0.264 e. The first kappa shape index (κ1) is 17.0. The van der Waals surface area contributed by atoms with Gasteiger partial charge in [-0.05, 0) is 55.7 Å². The number of carbonyl (C=O) groups excluding carboxylic acids is 1. The van der Waals surface area contributed by atoms with Crippen molar-refractivity contribution in [2.75, 3.05) is 5.32 Å². The van der Waals surface area contributed by atoms with Crippen LogP contribution >= 0.6 is 15.9 Å². The van der Waals surface area contributed by atoms with Gasteiger partial charge in [-0.3, -0.25) is 4.79 Å². The molecule has 1 aromatic carbocycles. The van der Waals surface area contributed by atoms with E-state index < -0.39 is 0 Å². The van der Waals surface area contributed by atoms with Crippen molar-refractivity contribution in [3.8, 4) is 11.6 Å². The highest BCUT2D eigenvalue weighted by Gasteiger charge is 2.26. The van der Waals surface area contributed by atoms with Gasteiger partial charge < -0.3 is 14.3 Å². The van der Waals surface area contributed by atoms with Gasteiger partial charge in [-0.15, -0.1) is 10.2 Å². The fourth-order valence-electron chi connectivity index (χ4n) is 2.98. The average molecular weight is 415 g/mol. The van der Waals surface area contributed by atoms with Gasteiger partial charge in [-0.2, -0.15) is 0 Å². The first-order valence-corrected chi connectivity index (χ1v) is 9.44. The molecule has 0 bridgehead atoms. The van der Waals surface area contributed by atoms with E-state index in [1.165, 1.54) is 6.42 Å². The van der Waals surface area contributed by atoms with Crippen LogP contribution in [0.3, 0.4) is 0 Å². The van der Waals surface area contributed by atoms with Crippen LogP contribution in [0.1, 0.15) is 36.6 Å². The molecule has 26 heavy (non-hydrogen) atoms. The number of nitrogens with one attached hydrogen (secondary N) is 1. The summed E-state index contributed by atoms with van der Waals surface area (Å²) >= 11 is 3.46. The highest BCUT2D eigenvalue weighted by atomic mass is 79.9. The number of aryl methyl sites for hydroxylation is 1. The largest absolute Gasteiger partial charge is 0.419 e. The maximum absolute atomic E-state index is 12.4. The third-order valence-electron chi connectivity index (χ3n) is 4.70. The first-order chi connectivity index (χ1) is 12.6. The van der Waals surface area contributed by atoms with E-state index in [9.17, 15) is 4.79 Å². The van der Waals surface area contributed by atoms with Crippen LogP contribution in [0.2, 0.25) is 0 Å². The lowest BCUT2D eigenvalue weighted by molar-refractivity contribution is -0.116. The number of benzene rings is 1.